The Morgan fingerprint density at radius 1 is 0.291 bits per heavy atom. The van der Waals surface area contributed by atoms with Gasteiger partial charge in [0, 0.05) is 88.3 Å². The van der Waals surface area contributed by atoms with Crippen molar-refractivity contribution in [3.05, 3.63) is 367 Å². The lowest BCUT2D eigenvalue weighted by atomic mass is 9.33. The van der Waals surface area contributed by atoms with Crippen LogP contribution in [0.2, 0.25) is 0 Å². The fourth-order valence-electron chi connectivity index (χ4n) is 17.7. The zero-order valence-corrected chi connectivity index (χ0v) is 65.0. The van der Waals surface area contributed by atoms with Crippen LogP contribution < -0.4 is 26.2 Å². The first-order valence-corrected chi connectivity index (χ1v) is 38.7. The molecule has 0 amide bonds. The topological polar surface area (TPSA) is 50.0 Å². The molecule has 2 aliphatic heterocycles. The van der Waals surface area contributed by atoms with E-state index in [1.54, 1.807) is 35.2 Å². The van der Waals surface area contributed by atoms with Crippen molar-refractivity contribution in [3.8, 4) is 62.2 Å². The van der Waals surface area contributed by atoms with Gasteiger partial charge in [0.05, 0.1) is 105 Å². The van der Waals surface area contributed by atoms with Crippen LogP contribution in [0.4, 0.5) is 34.1 Å². The van der Waals surface area contributed by atoms with E-state index in [2.05, 4.69) is 132 Å². The van der Waals surface area contributed by atoms with Crippen LogP contribution in [0.15, 0.2) is 345 Å². The molecule has 20 aromatic rings. The second-order valence-electron chi connectivity index (χ2n) is 33.1. The van der Waals surface area contributed by atoms with Crippen molar-refractivity contribution in [2.75, 3.05) is 9.80 Å². The maximum absolute atomic E-state index is 13.2. The van der Waals surface area contributed by atoms with Gasteiger partial charge in [0.1, 0.15) is 11.6 Å². The molecule has 0 saturated carbocycles. The van der Waals surface area contributed by atoms with Gasteiger partial charge in [0.2, 0.25) is 0 Å². The van der Waals surface area contributed by atoms with Crippen LogP contribution in [0, 0.1) is 11.3 Å². The molecule has 0 radical (unpaired) electrons. The molecular weight excluding hydrogens is 1420 g/mol. The summed E-state index contributed by atoms with van der Waals surface area (Å²) in [6, 6.07) is 37.1. The summed E-state index contributed by atoms with van der Waals surface area (Å²) in [4.78, 5) is 3.80. The van der Waals surface area contributed by atoms with Crippen LogP contribution in [0.1, 0.15) is 123 Å². The highest BCUT2D eigenvalue weighted by molar-refractivity contribution is 7.00. The Balaban J connectivity index is 0.986. The van der Waals surface area contributed by atoms with Gasteiger partial charge in [-0.3, -0.25) is 0 Å². The van der Waals surface area contributed by atoms with Gasteiger partial charge in [0.15, 0.2) is 0 Å². The van der Waals surface area contributed by atoms with E-state index in [0.717, 1.165) is 54.2 Å². The molecule has 8 heteroatoms. The summed E-state index contributed by atoms with van der Waals surface area (Å²) in [6.45, 7) is 18.2. The summed E-state index contributed by atoms with van der Waals surface area (Å²) in [5.74, 6) is 0. The Morgan fingerprint density at radius 2 is 0.701 bits per heavy atom. The Hall–Kier alpha value is -14.1. The molecule has 558 valence electrons. The van der Waals surface area contributed by atoms with Crippen molar-refractivity contribution < 1.29 is 38.4 Å². The minimum Gasteiger partial charge on any atom is -0.310 e. The Labute approximate surface area is 721 Å². The fourth-order valence-corrected chi connectivity index (χ4v) is 17.7. The van der Waals surface area contributed by atoms with Crippen molar-refractivity contribution in [2.24, 2.45) is 0 Å². The summed E-state index contributed by atoms with van der Waals surface area (Å²) in [6.07, 6.45) is 0. The minimum atomic E-state index is -1.14. The van der Waals surface area contributed by atoms with Crippen molar-refractivity contribution in [1.82, 2.24) is 18.3 Å². The number of anilines is 6. The van der Waals surface area contributed by atoms with Crippen molar-refractivity contribution in [1.29, 1.82) is 5.26 Å². The van der Waals surface area contributed by atoms with Gasteiger partial charge in [-0.05, 0) is 193 Å². The Morgan fingerprint density at radius 3 is 1.18 bits per heavy atom. The maximum atomic E-state index is 13.2. The normalized spacial score (nSPS) is 16.3. The van der Waals surface area contributed by atoms with Gasteiger partial charge in [-0.2, -0.15) is 5.26 Å². The highest BCUT2D eigenvalue weighted by Gasteiger charge is 2.46. The van der Waals surface area contributed by atoms with Crippen molar-refractivity contribution in [3.63, 3.8) is 0 Å². The number of para-hydroxylation sites is 5. The summed E-state index contributed by atoms with van der Waals surface area (Å²) in [7, 11) is 0. The summed E-state index contributed by atoms with van der Waals surface area (Å²) in [5, 5.41) is 13.0. The van der Waals surface area contributed by atoms with E-state index in [4.69, 9.17) is 4.11 Å². The van der Waals surface area contributed by atoms with Crippen LogP contribution in [-0.2, 0) is 16.2 Å². The minimum absolute atomic E-state index is 0.0307. The number of aromatic nitrogens is 4. The van der Waals surface area contributed by atoms with E-state index < -0.39 is 220 Å². The highest BCUT2D eigenvalue weighted by atomic mass is 15.2. The molecule has 117 heavy (non-hydrogen) atoms. The first-order chi connectivity index (χ1) is 68.6. The summed E-state index contributed by atoms with van der Waals surface area (Å²) >= 11 is 0. The summed E-state index contributed by atoms with van der Waals surface area (Å²) < 4.78 is 276. The monoisotopic (exact) mass is 1530 g/mol. The quantitative estimate of drug-likeness (QED) is 0.135. The first kappa shape index (κ1) is 46.3. The zero-order valence-electron chi connectivity index (χ0n) is 93.0. The lowest BCUT2D eigenvalue weighted by molar-refractivity contribution is 0.590. The zero-order chi connectivity index (χ0) is 103. The van der Waals surface area contributed by atoms with Gasteiger partial charge >= 0.3 is 0 Å². The van der Waals surface area contributed by atoms with Gasteiger partial charge in [-0.1, -0.05) is 286 Å². The third kappa shape index (κ3) is 10.7. The van der Waals surface area contributed by atoms with Crippen molar-refractivity contribution in [2.45, 2.75) is 78.6 Å². The van der Waals surface area contributed by atoms with Crippen molar-refractivity contribution >= 4 is 144 Å². The molecule has 7 nitrogen and oxygen atoms in total. The van der Waals surface area contributed by atoms with Crippen LogP contribution >= 0.6 is 0 Å². The lowest BCUT2D eigenvalue weighted by Gasteiger charge is -2.45. The molecule has 0 aliphatic carbocycles. The van der Waals surface area contributed by atoms with Gasteiger partial charge < -0.3 is 28.1 Å². The highest BCUT2D eigenvalue weighted by Crippen LogP contribution is 2.55. The maximum Gasteiger partial charge on any atom is 0.252 e. The average Bonchev–Trinajstić information content (AvgIpc) is 1.57. The van der Waals surface area contributed by atoms with Gasteiger partial charge in [0.25, 0.3) is 6.71 Å². The Kier molecular flexibility index (Phi) is 10.3. The molecule has 22 rings (SSSR count). The largest absolute Gasteiger partial charge is 0.310 e. The van der Waals surface area contributed by atoms with E-state index in [1.165, 1.54) is 27.3 Å². The third-order valence-corrected chi connectivity index (χ3v) is 23.3. The molecule has 0 bridgehead atoms. The van der Waals surface area contributed by atoms with E-state index in [9.17, 15) is 39.5 Å². The second-order valence-corrected chi connectivity index (χ2v) is 33.1. The molecule has 0 N–H and O–H groups in total. The molecule has 0 unspecified atom stereocenters. The van der Waals surface area contributed by atoms with Gasteiger partial charge in [-0.15, -0.1) is 0 Å². The molecule has 16 aromatic carbocycles. The van der Waals surface area contributed by atoms with E-state index >= 15 is 0 Å². The van der Waals surface area contributed by atoms with E-state index in [0.29, 0.717) is 44.6 Å². The molecular formula is C109H84BN7. The van der Waals surface area contributed by atoms with Crippen LogP contribution in [0.3, 0.4) is 0 Å². The lowest BCUT2D eigenvalue weighted by Crippen LogP contribution is -2.61. The van der Waals surface area contributed by atoms with E-state index in [1.807, 2.05) is 72.8 Å². The predicted octanol–water partition coefficient (Wildman–Crippen LogP) is 26.9. The Bertz CT molecular complexity index is 9090. The smallest absolute Gasteiger partial charge is 0.252 e. The number of hydrogen-bond acceptors (Lipinski definition) is 3. The third-order valence-electron chi connectivity index (χ3n) is 23.3. The van der Waals surface area contributed by atoms with Crippen LogP contribution in [-0.4, -0.2) is 25.0 Å². The molecule has 0 saturated heterocycles. The number of fused-ring (bicyclic) bond motifs is 16. The standard InChI is InChI=1S/C109H84BN7/c1-107(2,3)72-49-56-98-86(59-72)87-60-73(108(4,5)6)50-57-99(87)113(98)76-52-55-90-102(64-76)117(106-84(69-32-15-11-16-33-69)61-74(109(7,8)9)62-85(106)70-34-17-12-18-35-70)104-66-77(114-93-43-26-21-38-80(93)81-39-22-27-44-94(81)114)65-103-105(104)110(90)89-54-51-75(112-91-41-24-19-36-78(91)79-37-20-25-42-92(79)112)63-101(89)116(103)97-47-29-46-96(88(97)67-111)115-95-45-28-23-40-82(95)83-53-48-71(58-100(83)115)68-30-13-10-14-31-68/h10-66H,1-9H3/i10D,13D,14D,19D,20D,21D,22D,23D,24D,25D,26D,27D,28D,30D,31D,36D,37D,38D,39D,40D,41D,42D,43D,44D,45D,48D,53D,58D. The number of benzene rings is 16. The molecule has 0 spiro atoms. The molecule has 0 atom stereocenters. The van der Waals surface area contributed by atoms with Crippen LogP contribution in [0.5, 0.6) is 0 Å². The van der Waals surface area contributed by atoms with Gasteiger partial charge in [-0.25, -0.2) is 0 Å². The number of nitrogens with zero attached hydrogens (tertiary/aromatic N) is 7. The number of hydrogen-bond donors (Lipinski definition) is 0. The molecule has 4 aromatic heterocycles. The molecule has 0 fully saturated rings. The summed E-state index contributed by atoms with van der Waals surface area (Å²) in [5.41, 5.74) is 5.11. The molecule has 2 aliphatic rings. The van der Waals surface area contributed by atoms with E-state index in [-0.39, 0.29) is 94.3 Å². The predicted molar refractivity (Wildman–Crippen MR) is 495 cm³/mol. The number of nitriles is 1. The second kappa shape index (κ2) is 25.9. The van der Waals surface area contributed by atoms with Crippen LogP contribution in [0.25, 0.3) is 143 Å². The SMILES string of the molecule is [2H]c1c([2H])c([2H])c(-c2c([2H])c([2H])c3c4c([2H])c([2H])c([2H])c([2H])c4n(-c4cccc(N5c6cc(-n7c8c([2H])c([2H])c([2H])c([2H])c8c8c([2H])c([2H])c([2H])c([2H])c87)ccc6B6c7ccc(-n8c9ccc(C(C)(C)C)cc9c9cc(C(C)(C)C)ccc98)cc7N(c7c(-c8ccccc8)cc(C(C)(C)C)cc7-c7ccccc7)c7cc(-n8c9c([2H])c([2H])c([2H])c([2H])c9c9c([2H])c([2H])c([2H])c([2H])c98)cc5c76)c4C#N)c3c2[2H])c([2H])c1[2H]. The first-order valence-electron chi connectivity index (χ1n) is 52.7. The average molecular weight is 1530 g/mol. The fraction of sp³-hybridized carbons (Fsp3) is 0.110. The molecule has 6 heterocycles. The number of rotatable bonds is 9.